The number of rotatable bonds is 3. The van der Waals surface area contributed by atoms with E-state index in [1.807, 2.05) is 0 Å². The number of furan rings is 1. The lowest BCUT2D eigenvalue weighted by Crippen LogP contribution is -2.31. The number of hydrogen-bond donors (Lipinski definition) is 3. The van der Waals surface area contributed by atoms with Gasteiger partial charge in [-0.15, -0.1) is 0 Å². The van der Waals surface area contributed by atoms with Crippen molar-refractivity contribution >= 4 is 28.6 Å². The van der Waals surface area contributed by atoms with Gasteiger partial charge in [0.1, 0.15) is 24.2 Å². The molecule has 0 spiro atoms. The molecule has 0 saturated carbocycles. The first kappa shape index (κ1) is 21.3. The number of carbonyl (C=O) groups excluding carboxylic acids is 1. The van der Waals surface area contributed by atoms with Gasteiger partial charge in [-0.1, -0.05) is 19.1 Å². The van der Waals surface area contributed by atoms with Crippen molar-refractivity contribution in [2.24, 2.45) is 5.92 Å². The summed E-state index contributed by atoms with van der Waals surface area (Å²) in [6, 6.07) is 5.62. The minimum atomic E-state index is -4.60. The fourth-order valence-corrected chi connectivity index (χ4v) is 3.41. The molecular weight excluding hydrogens is 430 g/mol. The van der Waals surface area contributed by atoms with Crippen molar-refractivity contribution in [2.75, 3.05) is 11.1 Å². The number of allylic oxidation sites excluding steroid dienone is 3. The van der Waals surface area contributed by atoms with Crippen LogP contribution in [0, 0.1) is 5.92 Å². The van der Waals surface area contributed by atoms with E-state index in [1.54, 1.807) is 24.3 Å². The smallest absolute Gasteiger partial charge is 0.412 e. The highest BCUT2D eigenvalue weighted by Crippen LogP contribution is 2.38. The van der Waals surface area contributed by atoms with E-state index in [0.717, 1.165) is 0 Å². The molecular formula is C21H17F4N5O2. The van der Waals surface area contributed by atoms with E-state index in [4.69, 9.17) is 10.2 Å². The van der Waals surface area contributed by atoms with Crippen molar-refractivity contribution in [1.82, 2.24) is 15.3 Å². The fourth-order valence-electron chi connectivity index (χ4n) is 3.41. The summed E-state index contributed by atoms with van der Waals surface area (Å²) in [7, 11) is 0. The van der Waals surface area contributed by atoms with Gasteiger partial charge in [-0.05, 0) is 30.2 Å². The first-order chi connectivity index (χ1) is 15.1. The molecule has 1 aromatic carbocycles. The molecule has 0 fully saturated rings. The fraction of sp³-hybridized carbons (Fsp3) is 0.190. The van der Waals surface area contributed by atoms with Crippen molar-refractivity contribution in [3.63, 3.8) is 0 Å². The van der Waals surface area contributed by atoms with Gasteiger partial charge in [-0.25, -0.2) is 19.2 Å². The van der Waals surface area contributed by atoms with Gasteiger partial charge in [0.25, 0.3) is 0 Å². The number of anilines is 2. The second-order valence-corrected chi connectivity index (χ2v) is 7.28. The Labute approximate surface area is 179 Å². The lowest BCUT2D eigenvalue weighted by molar-refractivity contribution is -0.0954. The number of carbonyl (C=O) groups is 1. The van der Waals surface area contributed by atoms with Gasteiger partial charge in [0, 0.05) is 22.7 Å². The normalized spacial score (nSPS) is 16.8. The van der Waals surface area contributed by atoms with Crippen LogP contribution in [0.3, 0.4) is 0 Å². The molecule has 4 rings (SSSR count). The number of nitrogens with zero attached hydrogens (tertiary/aromatic N) is 2. The Balaban J connectivity index is 1.50. The highest BCUT2D eigenvalue weighted by molar-refractivity contribution is 5.99. The summed E-state index contributed by atoms with van der Waals surface area (Å²) in [6.45, 7) is 1.32. The Hall–Kier alpha value is -3.89. The van der Waals surface area contributed by atoms with Gasteiger partial charge in [0.05, 0.1) is 11.1 Å². The van der Waals surface area contributed by atoms with E-state index < -0.39 is 41.6 Å². The maximum atomic E-state index is 14.3. The summed E-state index contributed by atoms with van der Waals surface area (Å²) >= 11 is 0. The molecule has 0 radical (unpaired) electrons. The molecule has 7 nitrogen and oxygen atoms in total. The second kappa shape index (κ2) is 7.98. The SMILES string of the molecule is CC1CC(C(F)(F)F)=CC(NC(=O)Nc2ccc(-c3coc4ncnc(N)c34)cc2)=C1F. The van der Waals surface area contributed by atoms with E-state index in [1.165, 1.54) is 19.5 Å². The van der Waals surface area contributed by atoms with Crippen molar-refractivity contribution in [2.45, 2.75) is 19.5 Å². The molecule has 4 N–H and O–H groups in total. The summed E-state index contributed by atoms with van der Waals surface area (Å²) in [5, 5.41) is 5.17. The zero-order valence-electron chi connectivity index (χ0n) is 16.6. The number of fused-ring (bicyclic) bond motifs is 1. The van der Waals surface area contributed by atoms with Gasteiger partial charge in [-0.3, -0.25) is 0 Å². The molecule has 11 heteroatoms. The molecule has 2 amide bonds. The third-order valence-electron chi connectivity index (χ3n) is 5.00. The van der Waals surface area contributed by atoms with Crippen LogP contribution in [0.25, 0.3) is 22.2 Å². The summed E-state index contributed by atoms with van der Waals surface area (Å²) in [6.07, 6.45) is -1.69. The van der Waals surface area contributed by atoms with Crippen molar-refractivity contribution in [3.05, 3.63) is 60.0 Å². The van der Waals surface area contributed by atoms with Gasteiger partial charge >= 0.3 is 12.2 Å². The standard InChI is InChI=1S/C21H17F4N5O2/c1-10-6-12(21(23,24)25)7-15(17(10)22)30-20(31)29-13-4-2-11(3-5-13)14-8-32-19-16(14)18(26)27-9-28-19/h2-5,7-10H,6H2,1H3,(H2,26,27,28)(H2,29,30,31). The monoisotopic (exact) mass is 447 g/mol. The van der Waals surface area contributed by atoms with E-state index in [-0.39, 0.29) is 5.82 Å². The van der Waals surface area contributed by atoms with Gasteiger partial charge in [0.15, 0.2) is 0 Å². The number of amides is 2. The van der Waals surface area contributed by atoms with Gasteiger partial charge in [-0.2, -0.15) is 13.2 Å². The lowest BCUT2D eigenvalue weighted by atomic mass is 9.92. The van der Waals surface area contributed by atoms with Crippen LogP contribution in [0.4, 0.5) is 33.9 Å². The third kappa shape index (κ3) is 4.13. The summed E-state index contributed by atoms with van der Waals surface area (Å²) in [5.41, 5.74) is 6.52. The van der Waals surface area contributed by atoms with Crippen LogP contribution in [0.15, 0.2) is 64.4 Å². The number of nitrogen functional groups attached to an aromatic ring is 1. The Bertz CT molecular complexity index is 1250. The van der Waals surface area contributed by atoms with E-state index >= 15 is 0 Å². The predicted octanol–water partition coefficient (Wildman–Crippen LogP) is 5.30. The molecule has 0 saturated heterocycles. The molecule has 2 heterocycles. The van der Waals surface area contributed by atoms with Crippen LogP contribution in [0.2, 0.25) is 0 Å². The quantitative estimate of drug-likeness (QED) is 0.472. The first-order valence-corrected chi connectivity index (χ1v) is 9.47. The number of hydrogen-bond acceptors (Lipinski definition) is 5. The van der Waals surface area contributed by atoms with E-state index in [0.29, 0.717) is 34.0 Å². The maximum Gasteiger partial charge on any atom is 0.412 e. The number of alkyl halides is 3. The van der Waals surface area contributed by atoms with Gasteiger partial charge in [0.2, 0.25) is 5.71 Å². The third-order valence-corrected chi connectivity index (χ3v) is 5.00. The summed E-state index contributed by atoms with van der Waals surface area (Å²) < 4.78 is 58.7. The Morgan fingerprint density at radius 1 is 1.19 bits per heavy atom. The maximum absolute atomic E-state index is 14.3. The largest absolute Gasteiger partial charge is 0.445 e. The topological polar surface area (TPSA) is 106 Å². The molecule has 2 aromatic heterocycles. The zero-order valence-corrected chi connectivity index (χ0v) is 16.6. The molecule has 1 atom stereocenters. The highest BCUT2D eigenvalue weighted by atomic mass is 19.4. The molecule has 1 aliphatic carbocycles. The lowest BCUT2D eigenvalue weighted by Gasteiger charge is -2.23. The van der Waals surface area contributed by atoms with Gasteiger partial charge < -0.3 is 20.8 Å². The van der Waals surface area contributed by atoms with Crippen LogP contribution < -0.4 is 16.4 Å². The van der Waals surface area contributed by atoms with Crippen LogP contribution in [-0.2, 0) is 0 Å². The summed E-state index contributed by atoms with van der Waals surface area (Å²) in [5.74, 6) is -1.55. The molecule has 0 aliphatic heterocycles. The van der Waals surface area contributed by atoms with Crippen LogP contribution in [0.5, 0.6) is 0 Å². The minimum Gasteiger partial charge on any atom is -0.445 e. The molecule has 166 valence electrons. The van der Waals surface area contributed by atoms with E-state index in [9.17, 15) is 22.4 Å². The molecule has 0 bridgehead atoms. The number of nitrogens with two attached hydrogens (primary N) is 1. The number of benzene rings is 1. The predicted molar refractivity (Wildman–Crippen MR) is 110 cm³/mol. The number of nitrogens with one attached hydrogen (secondary N) is 2. The second-order valence-electron chi connectivity index (χ2n) is 7.28. The Kier molecular flexibility index (Phi) is 5.33. The van der Waals surface area contributed by atoms with Crippen LogP contribution >= 0.6 is 0 Å². The Morgan fingerprint density at radius 2 is 1.91 bits per heavy atom. The molecule has 1 aliphatic rings. The molecule has 3 aromatic rings. The Morgan fingerprint density at radius 3 is 2.59 bits per heavy atom. The van der Waals surface area contributed by atoms with E-state index in [2.05, 4.69) is 20.6 Å². The van der Waals surface area contributed by atoms with Crippen LogP contribution in [-0.4, -0.2) is 22.2 Å². The average molecular weight is 447 g/mol. The summed E-state index contributed by atoms with van der Waals surface area (Å²) in [4.78, 5) is 20.2. The molecule has 1 unspecified atom stereocenters. The number of urea groups is 1. The first-order valence-electron chi connectivity index (χ1n) is 9.47. The average Bonchev–Trinajstić information content (AvgIpc) is 3.16. The molecule has 32 heavy (non-hydrogen) atoms. The van der Waals surface area contributed by atoms with Crippen molar-refractivity contribution in [1.29, 1.82) is 0 Å². The minimum absolute atomic E-state index is 0.253. The number of halogens is 4. The van der Waals surface area contributed by atoms with Crippen molar-refractivity contribution in [3.8, 4) is 11.1 Å². The zero-order chi connectivity index (χ0) is 23.0. The number of aromatic nitrogens is 2. The highest BCUT2D eigenvalue weighted by Gasteiger charge is 2.38. The van der Waals surface area contributed by atoms with Crippen molar-refractivity contribution < 1.29 is 26.8 Å². The van der Waals surface area contributed by atoms with Crippen LogP contribution in [0.1, 0.15) is 13.3 Å².